The highest BCUT2D eigenvalue weighted by atomic mass is 32.2. The van der Waals surface area contributed by atoms with Crippen LogP contribution in [0.5, 0.6) is 0 Å². The summed E-state index contributed by atoms with van der Waals surface area (Å²) in [6.07, 6.45) is 1.12. The Morgan fingerprint density at radius 2 is 2.39 bits per heavy atom. The van der Waals surface area contributed by atoms with E-state index in [-0.39, 0.29) is 5.91 Å². The normalized spacial score (nSPS) is 18.3. The minimum absolute atomic E-state index is 0.0467. The van der Waals surface area contributed by atoms with Crippen LogP contribution in [0.3, 0.4) is 0 Å². The quantitative estimate of drug-likeness (QED) is 0.864. The van der Waals surface area contributed by atoms with Crippen LogP contribution in [-0.4, -0.2) is 30.0 Å². The lowest BCUT2D eigenvalue weighted by Gasteiger charge is -2.09. The molecule has 1 aromatic carbocycles. The number of thioether (sulfide) groups is 1. The van der Waals surface area contributed by atoms with Gasteiger partial charge in [-0.05, 0) is 25.1 Å². The van der Waals surface area contributed by atoms with Gasteiger partial charge in [-0.2, -0.15) is 5.26 Å². The first-order valence-corrected chi connectivity index (χ1v) is 6.96. The van der Waals surface area contributed by atoms with Crippen molar-refractivity contribution in [3.05, 3.63) is 29.8 Å². The van der Waals surface area contributed by atoms with E-state index in [1.165, 1.54) is 0 Å². The van der Waals surface area contributed by atoms with Gasteiger partial charge in [-0.1, -0.05) is 12.1 Å². The molecule has 1 heterocycles. The first-order valence-electron chi connectivity index (χ1n) is 5.91. The Kier molecular flexibility index (Phi) is 4.62. The van der Waals surface area contributed by atoms with Crippen LogP contribution in [-0.2, 0) is 4.79 Å². The fourth-order valence-electron chi connectivity index (χ4n) is 1.84. The molecule has 2 N–H and O–H groups in total. The van der Waals surface area contributed by atoms with E-state index in [2.05, 4.69) is 16.7 Å². The summed E-state index contributed by atoms with van der Waals surface area (Å²) in [4.78, 5) is 11.8. The van der Waals surface area contributed by atoms with Gasteiger partial charge < -0.3 is 10.6 Å². The predicted octanol–water partition coefficient (Wildman–Crippen LogP) is 1.59. The molecule has 18 heavy (non-hydrogen) atoms. The van der Waals surface area contributed by atoms with Gasteiger partial charge in [0.15, 0.2) is 0 Å². The van der Waals surface area contributed by atoms with Crippen LogP contribution < -0.4 is 10.6 Å². The molecule has 1 amide bonds. The molecule has 1 saturated heterocycles. The Morgan fingerprint density at radius 1 is 1.56 bits per heavy atom. The highest BCUT2D eigenvalue weighted by Gasteiger charge is 2.16. The molecule has 0 aromatic heterocycles. The molecule has 0 aliphatic carbocycles. The van der Waals surface area contributed by atoms with Gasteiger partial charge >= 0.3 is 0 Å². The Labute approximate surface area is 111 Å². The highest BCUT2D eigenvalue weighted by Crippen LogP contribution is 2.18. The molecule has 4 nitrogen and oxygen atoms in total. The molecule has 0 bridgehead atoms. The predicted molar refractivity (Wildman–Crippen MR) is 73.5 cm³/mol. The second-order valence-corrected chi connectivity index (χ2v) is 5.42. The summed E-state index contributed by atoms with van der Waals surface area (Å²) in [6.45, 7) is 2.02. The topological polar surface area (TPSA) is 64.9 Å². The van der Waals surface area contributed by atoms with E-state index in [0.29, 0.717) is 22.3 Å². The summed E-state index contributed by atoms with van der Waals surface area (Å²) < 4.78 is 0. The van der Waals surface area contributed by atoms with E-state index in [1.807, 2.05) is 6.07 Å². The molecule has 0 saturated carbocycles. The maximum absolute atomic E-state index is 11.8. The molecule has 2 rings (SSSR count). The van der Waals surface area contributed by atoms with Gasteiger partial charge in [0.05, 0.1) is 17.0 Å². The summed E-state index contributed by atoms with van der Waals surface area (Å²) in [5.41, 5.74) is 1.09. The molecule has 94 valence electrons. The van der Waals surface area contributed by atoms with Crippen LogP contribution in [0.25, 0.3) is 0 Å². The largest absolute Gasteiger partial charge is 0.324 e. The molecule has 1 aromatic rings. The molecule has 1 fully saturated rings. The zero-order chi connectivity index (χ0) is 12.8. The van der Waals surface area contributed by atoms with E-state index in [4.69, 9.17) is 5.26 Å². The summed E-state index contributed by atoms with van der Waals surface area (Å²) in [6, 6.07) is 9.11. The SMILES string of the molecule is N#Cc1ccccc1NC(=O)CSC1CCNC1. The van der Waals surface area contributed by atoms with Gasteiger partial charge in [-0.25, -0.2) is 0 Å². The molecule has 1 atom stereocenters. The lowest BCUT2D eigenvalue weighted by atomic mass is 10.2. The average Bonchev–Trinajstić information content (AvgIpc) is 2.90. The maximum atomic E-state index is 11.8. The Morgan fingerprint density at radius 3 is 3.11 bits per heavy atom. The van der Waals surface area contributed by atoms with Crippen LogP contribution in [0, 0.1) is 11.3 Å². The number of hydrogen-bond donors (Lipinski definition) is 2. The third-order valence-corrected chi connectivity index (χ3v) is 4.09. The van der Waals surface area contributed by atoms with E-state index < -0.39 is 0 Å². The number of para-hydroxylation sites is 1. The third-order valence-electron chi connectivity index (χ3n) is 2.79. The molecule has 0 spiro atoms. The lowest BCUT2D eigenvalue weighted by Crippen LogP contribution is -2.18. The van der Waals surface area contributed by atoms with Crippen molar-refractivity contribution in [1.29, 1.82) is 5.26 Å². The number of nitrogens with zero attached hydrogens (tertiary/aromatic N) is 1. The van der Waals surface area contributed by atoms with E-state index in [0.717, 1.165) is 19.5 Å². The molecular formula is C13H15N3OS. The van der Waals surface area contributed by atoms with Gasteiger partial charge in [0, 0.05) is 11.8 Å². The number of amides is 1. The van der Waals surface area contributed by atoms with E-state index in [1.54, 1.807) is 30.0 Å². The fourth-order valence-corrected chi connectivity index (χ4v) is 2.82. The highest BCUT2D eigenvalue weighted by molar-refractivity contribution is 8.00. The maximum Gasteiger partial charge on any atom is 0.234 e. The van der Waals surface area contributed by atoms with Crippen molar-refractivity contribution in [2.24, 2.45) is 0 Å². The molecule has 1 aliphatic heterocycles. The first kappa shape index (κ1) is 12.9. The molecule has 5 heteroatoms. The summed E-state index contributed by atoms with van der Waals surface area (Å²) >= 11 is 1.67. The van der Waals surface area contributed by atoms with Crippen LogP contribution >= 0.6 is 11.8 Å². The number of rotatable bonds is 4. The summed E-state index contributed by atoms with van der Waals surface area (Å²) in [5.74, 6) is 0.390. The smallest absolute Gasteiger partial charge is 0.234 e. The Hall–Kier alpha value is -1.51. The monoisotopic (exact) mass is 261 g/mol. The van der Waals surface area contributed by atoms with Crippen molar-refractivity contribution < 1.29 is 4.79 Å². The number of benzene rings is 1. The lowest BCUT2D eigenvalue weighted by molar-refractivity contribution is -0.113. The van der Waals surface area contributed by atoms with Crippen molar-refractivity contribution in [1.82, 2.24) is 5.32 Å². The van der Waals surface area contributed by atoms with Crippen LogP contribution in [0.2, 0.25) is 0 Å². The molecule has 1 unspecified atom stereocenters. The van der Waals surface area contributed by atoms with Crippen LogP contribution in [0.15, 0.2) is 24.3 Å². The van der Waals surface area contributed by atoms with Crippen LogP contribution in [0.4, 0.5) is 5.69 Å². The minimum Gasteiger partial charge on any atom is -0.324 e. The standard InChI is InChI=1S/C13H15N3OS/c14-7-10-3-1-2-4-12(10)16-13(17)9-18-11-5-6-15-8-11/h1-4,11,15H,5-6,8-9H2,(H,16,17). The van der Waals surface area contributed by atoms with Crippen molar-refractivity contribution in [2.45, 2.75) is 11.7 Å². The van der Waals surface area contributed by atoms with E-state index in [9.17, 15) is 4.79 Å². The van der Waals surface area contributed by atoms with Crippen molar-refractivity contribution in [3.8, 4) is 6.07 Å². The molecule has 0 radical (unpaired) electrons. The van der Waals surface area contributed by atoms with Crippen molar-refractivity contribution in [2.75, 3.05) is 24.2 Å². The number of carbonyl (C=O) groups is 1. The Bertz CT molecular complexity index is 464. The second kappa shape index (κ2) is 6.43. The average molecular weight is 261 g/mol. The Balaban J connectivity index is 1.85. The molecule has 1 aliphatic rings. The van der Waals surface area contributed by atoms with Crippen LogP contribution in [0.1, 0.15) is 12.0 Å². The number of nitrogens with one attached hydrogen (secondary N) is 2. The van der Waals surface area contributed by atoms with Gasteiger partial charge in [0.25, 0.3) is 0 Å². The fraction of sp³-hybridized carbons (Fsp3) is 0.385. The number of hydrogen-bond acceptors (Lipinski definition) is 4. The van der Waals surface area contributed by atoms with Gasteiger partial charge in [-0.3, -0.25) is 4.79 Å². The zero-order valence-electron chi connectivity index (χ0n) is 9.98. The number of nitriles is 1. The third kappa shape index (κ3) is 3.49. The number of carbonyl (C=O) groups excluding carboxylic acids is 1. The molecular weight excluding hydrogens is 246 g/mol. The van der Waals surface area contributed by atoms with Crippen molar-refractivity contribution >= 4 is 23.4 Å². The minimum atomic E-state index is -0.0467. The van der Waals surface area contributed by atoms with E-state index >= 15 is 0 Å². The zero-order valence-corrected chi connectivity index (χ0v) is 10.8. The van der Waals surface area contributed by atoms with Gasteiger partial charge in [-0.15, -0.1) is 11.8 Å². The van der Waals surface area contributed by atoms with Gasteiger partial charge in [0.2, 0.25) is 5.91 Å². The first-order chi connectivity index (χ1) is 8.79. The second-order valence-electron chi connectivity index (χ2n) is 4.13. The number of anilines is 1. The summed E-state index contributed by atoms with van der Waals surface area (Å²) in [5, 5.41) is 15.5. The van der Waals surface area contributed by atoms with Gasteiger partial charge in [0.1, 0.15) is 6.07 Å². The summed E-state index contributed by atoms with van der Waals surface area (Å²) in [7, 11) is 0. The van der Waals surface area contributed by atoms with Crippen molar-refractivity contribution in [3.63, 3.8) is 0 Å².